The molecule has 0 bridgehead atoms. The van der Waals surface area contributed by atoms with Crippen LogP contribution in [0.1, 0.15) is 48.0 Å². The van der Waals surface area contributed by atoms with Gasteiger partial charge < -0.3 is 15.4 Å². The topological polar surface area (TPSA) is 95.6 Å². The zero-order chi connectivity index (χ0) is 19.1. The van der Waals surface area contributed by atoms with E-state index >= 15 is 0 Å². The number of anilines is 1. The van der Waals surface area contributed by atoms with E-state index in [1.165, 1.54) is 13.5 Å². The largest absolute Gasteiger partial charge is 0.382 e. The summed E-state index contributed by atoms with van der Waals surface area (Å²) in [5.41, 5.74) is 1.90. The lowest BCUT2D eigenvalue weighted by Gasteiger charge is -2.28. The highest BCUT2D eigenvalue weighted by Crippen LogP contribution is 2.25. The number of carbonyl (C=O) groups is 4. The molecule has 1 fully saturated rings. The van der Waals surface area contributed by atoms with Crippen LogP contribution in [0.4, 0.5) is 5.69 Å². The Bertz CT molecular complexity index is 685. The zero-order valence-corrected chi connectivity index (χ0v) is 15.2. The highest BCUT2D eigenvalue weighted by molar-refractivity contribution is 6.04. The van der Waals surface area contributed by atoms with Gasteiger partial charge >= 0.3 is 0 Å². The second-order valence-corrected chi connectivity index (χ2v) is 6.49. The molecule has 0 saturated heterocycles. The molecule has 1 atom stereocenters. The van der Waals surface area contributed by atoms with Crippen LogP contribution in [0.3, 0.4) is 0 Å². The van der Waals surface area contributed by atoms with E-state index in [4.69, 9.17) is 0 Å². The summed E-state index contributed by atoms with van der Waals surface area (Å²) in [7, 11) is 1.43. The number of likely N-dealkylation sites (N-methyl/N-ethyl adjacent to an activating group) is 1. The maximum absolute atomic E-state index is 12.9. The molecule has 0 spiro atoms. The molecule has 1 aromatic rings. The van der Waals surface area contributed by atoms with E-state index in [9.17, 15) is 19.2 Å². The lowest BCUT2D eigenvalue weighted by Crippen LogP contribution is -2.48. The second-order valence-electron chi connectivity index (χ2n) is 6.49. The first-order valence-electron chi connectivity index (χ1n) is 8.82. The first-order chi connectivity index (χ1) is 12.5. The molecule has 1 aromatic carbocycles. The monoisotopic (exact) mass is 359 g/mol. The van der Waals surface area contributed by atoms with Crippen molar-refractivity contribution in [3.05, 3.63) is 29.3 Å². The minimum absolute atomic E-state index is 0.0813. The van der Waals surface area contributed by atoms with Gasteiger partial charge in [0.05, 0.1) is 0 Å². The maximum Gasteiger partial charge on any atom is 0.261 e. The smallest absolute Gasteiger partial charge is 0.261 e. The maximum atomic E-state index is 12.9. The second kappa shape index (κ2) is 9.12. The molecule has 0 radical (unpaired) electrons. The molecule has 0 heterocycles. The van der Waals surface area contributed by atoms with Crippen molar-refractivity contribution in [1.29, 1.82) is 0 Å². The summed E-state index contributed by atoms with van der Waals surface area (Å²) in [5, 5.41) is 5.81. The van der Waals surface area contributed by atoms with Crippen LogP contribution in [0.25, 0.3) is 0 Å². The van der Waals surface area contributed by atoms with Gasteiger partial charge in [0, 0.05) is 30.8 Å². The van der Waals surface area contributed by atoms with Gasteiger partial charge in [0.15, 0.2) is 0 Å². The van der Waals surface area contributed by atoms with Crippen LogP contribution in [-0.2, 0) is 14.4 Å². The molecule has 3 amide bonds. The van der Waals surface area contributed by atoms with Gasteiger partial charge in [-0.15, -0.1) is 0 Å². The van der Waals surface area contributed by atoms with E-state index in [-0.39, 0.29) is 12.8 Å². The molecular formula is C19H25N3O4. The number of rotatable bonds is 9. The third-order valence-electron chi connectivity index (χ3n) is 4.73. The van der Waals surface area contributed by atoms with Gasteiger partial charge in [0.25, 0.3) is 5.91 Å². The molecule has 1 saturated carbocycles. The number of aldehydes is 1. The molecule has 2 rings (SSSR count). The lowest BCUT2D eigenvalue weighted by molar-refractivity contribution is -0.131. The summed E-state index contributed by atoms with van der Waals surface area (Å²) in [5.74, 6) is -1.03. The van der Waals surface area contributed by atoms with Crippen LogP contribution < -0.4 is 10.6 Å². The fraction of sp³-hybridized carbons (Fsp3) is 0.474. The van der Waals surface area contributed by atoms with Crippen LogP contribution in [0.2, 0.25) is 0 Å². The van der Waals surface area contributed by atoms with Gasteiger partial charge in [-0.05, 0) is 50.3 Å². The molecule has 7 nitrogen and oxygen atoms in total. The van der Waals surface area contributed by atoms with E-state index in [1.54, 1.807) is 13.0 Å². The van der Waals surface area contributed by atoms with Crippen LogP contribution >= 0.6 is 0 Å². The molecule has 26 heavy (non-hydrogen) atoms. The van der Waals surface area contributed by atoms with Crippen LogP contribution in [0, 0.1) is 6.92 Å². The number of hydrogen-bond acceptors (Lipinski definition) is 5. The van der Waals surface area contributed by atoms with Crippen molar-refractivity contribution >= 4 is 30.2 Å². The number of amides is 3. The lowest BCUT2D eigenvalue weighted by atomic mass is 9.92. The van der Waals surface area contributed by atoms with Crippen molar-refractivity contribution in [2.45, 2.75) is 51.1 Å². The number of hydrogen-bond donors (Lipinski definition) is 2. The molecule has 140 valence electrons. The number of carbonyl (C=O) groups excluding carboxylic acids is 4. The van der Waals surface area contributed by atoms with Crippen LogP contribution in [-0.4, -0.2) is 48.5 Å². The van der Waals surface area contributed by atoms with Gasteiger partial charge in [-0.1, -0.05) is 6.07 Å². The SMILES string of the molecule is CNC(=O)C(CCC=O)N(C=O)C(=O)c1cc(NC2CCC2)ccc1C. The van der Waals surface area contributed by atoms with Crippen molar-refractivity contribution in [2.24, 2.45) is 0 Å². The molecular weight excluding hydrogens is 334 g/mol. The Morgan fingerprint density at radius 1 is 1.31 bits per heavy atom. The number of aryl methyl sites for hydroxylation is 1. The fourth-order valence-electron chi connectivity index (χ4n) is 2.92. The molecule has 1 aliphatic carbocycles. The van der Waals surface area contributed by atoms with Crippen molar-refractivity contribution < 1.29 is 19.2 Å². The average Bonchev–Trinajstić information content (AvgIpc) is 2.61. The van der Waals surface area contributed by atoms with Crippen LogP contribution in [0.15, 0.2) is 18.2 Å². The summed E-state index contributed by atoms with van der Waals surface area (Å²) in [6.07, 6.45) is 4.59. The van der Waals surface area contributed by atoms with Crippen molar-refractivity contribution in [3.8, 4) is 0 Å². The third-order valence-corrected chi connectivity index (χ3v) is 4.73. The summed E-state index contributed by atoms with van der Waals surface area (Å²) in [6.45, 7) is 1.78. The first-order valence-corrected chi connectivity index (χ1v) is 8.82. The van der Waals surface area contributed by atoms with E-state index < -0.39 is 17.9 Å². The Labute approximate surface area is 153 Å². The number of nitrogens with one attached hydrogen (secondary N) is 2. The minimum atomic E-state index is -1.02. The Hall–Kier alpha value is -2.70. The highest BCUT2D eigenvalue weighted by Gasteiger charge is 2.30. The van der Waals surface area contributed by atoms with Gasteiger partial charge in [0.2, 0.25) is 12.3 Å². The zero-order valence-electron chi connectivity index (χ0n) is 15.2. The molecule has 7 heteroatoms. The number of benzene rings is 1. The number of nitrogens with zero attached hydrogens (tertiary/aromatic N) is 1. The third kappa shape index (κ3) is 4.47. The Kier molecular flexibility index (Phi) is 6.89. The molecule has 1 unspecified atom stereocenters. The number of imide groups is 1. The fourth-order valence-corrected chi connectivity index (χ4v) is 2.92. The molecule has 1 aliphatic rings. The van der Waals surface area contributed by atoms with Crippen molar-refractivity contribution in [3.63, 3.8) is 0 Å². The van der Waals surface area contributed by atoms with E-state index in [0.29, 0.717) is 29.9 Å². The predicted molar refractivity (Wildman–Crippen MR) is 97.8 cm³/mol. The summed E-state index contributed by atoms with van der Waals surface area (Å²) in [4.78, 5) is 48.2. The van der Waals surface area contributed by atoms with Crippen molar-refractivity contribution in [1.82, 2.24) is 10.2 Å². The summed E-state index contributed by atoms with van der Waals surface area (Å²) >= 11 is 0. The minimum Gasteiger partial charge on any atom is -0.382 e. The van der Waals surface area contributed by atoms with Gasteiger partial charge in [-0.3, -0.25) is 19.3 Å². The van der Waals surface area contributed by atoms with E-state index in [1.807, 2.05) is 12.1 Å². The normalized spacial score (nSPS) is 14.7. The molecule has 2 N–H and O–H groups in total. The van der Waals surface area contributed by atoms with Crippen LogP contribution in [0.5, 0.6) is 0 Å². The Morgan fingerprint density at radius 3 is 2.58 bits per heavy atom. The van der Waals surface area contributed by atoms with E-state index in [2.05, 4.69) is 10.6 Å². The predicted octanol–water partition coefficient (Wildman–Crippen LogP) is 1.65. The average molecular weight is 359 g/mol. The standard InChI is InChI=1S/C19H25N3O4/c1-13-8-9-15(21-14-5-3-6-14)11-16(13)19(26)22(12-24)17(7-4-10-23)18(25)20-2/h8-12,14,17,21H,3-7H2,1-2H3,(H,20,25). The van der Waals surface area contributed by atoms with Gasteiger partial charge in [-0.25, -0.2) is 0 Å². The van der Waals surface area contributed by atoms with Gasteiger partial charge in [0.1, 0.15) is 12.3 Å². The Morgan fingerprint density at radius 2 is 2.04 bits per heavy atom. The highest BCUT2D eigenvalue weighted by atomic mass is 16.2. The first kappa shape index (κ1) is 19.6. The summed E-state index contributed by atoms with van der Waals surface area (Å²) in [6, 6.07) is 4.83. The molecule has 0 aliphatic heterocycles. The van der Waals surface area contributed by atoms with E-state index in [0.717, 1.165) is 23.4 Å². The summed E-state index contributed by atoms with van der Waals surface area (Å²) < 4.78 is 0. The van der Waals surface area contributed by atoms with Crippen molar-refractivity contribution in [2.75, 3.05) is 12.4 Å². The molecule has 0 aromatic heterocycles. The van der Waals surface area contributed by atoms with Gasteiger partial charge in [-0.2, -0.15) is 0 Å². The quantitative estimate of drug-likeness (QED) is 0.654. The Balaban J connectivity index is 2.27.